The Bertz CT molecular complexity index is 1160. The van der Waals surface area contributed by atoms with Crippen LogP contribution in [0.4, 0.5) is 4.79 Å². The predicted molar refractivity (Wildman–Crippen MR) is 134 cm³/mol. The highest BCUT2D eigenvalue weighted by molar-refractivity contribution is 6.08. The van der Waals surface area contributed by atoms with Crippen LogP contribution in [0.5, 0.6) is 0 Å². The van der Waals surface area contributed by atoms with Crippen molar-refractivity contribution in [1.29, 1.82) is 0 Å². The lowest BCUT2D eigenvalue weighted by Crippen LogP contribution is -2.53. The fraction of sp³-hybridized carbons (Fsp3) is 0.500. The average Bonchev–Trinajstić information content (AvgIpc) is 3.19. The maximum Gasteiger partial charge on any atom is 0.410 e. The van der Waals surface area contributed by atoms with Gasteiger partial charge in [0.2, 0.25) is 11.7 Å². The van der Waals surface area contributed by atoms with Crippen LogP contribution >= 0.6 is 0 Å². The Kier molecular flexibility index (Phi) is 7.56. The van der Waals surface area contributed by atoms with Crippen LogP contribution in [0.2, 0.25) is 0 Å². The zero-order valence-electron chi connectivity index (χ0n) is 22.0. The summed E-state index contributed by atoms with van der Waals surface area (Å²) in [5.74, 6) is -1.17. The first-order chi connectivity index (χ1) is 16.7. The standard InChI is InChI=1S/C26H35N5O5/c1-25(2,3)20(23(34)27-7)29-22(33)18-17-15-30(24(35)36-26(4,5)6)13-14-31(17)21(28-18)19(32)16-11-9-8-10-12-16/h8-12,20H,13-15H2,1-7H3,(H,27,34)(H,29,33)/t20-/m1/s1. The lowest BCUT2D eigenvalue weighted by atomic mass is 9.86. The van der Waals surface area contributed by atoms with Crippen LogP contribution in [0.1, 0.15) is 73.9 Å². The number of benzene rings is 1. The fourth-order valence-electron chi connectivity index (χ4n) is 3.94. The molecule has 1 aliphatic rings. The Morgan fingerprint density at radius 1 is 1.00 bits per heavy atom. The Morgan fingerprint density at radius 3 is 2.19 bits per heavy atom. The number of nitrogens with one attached hydrogen (secondary N) is 2. The Morgan fingerprint density at radius 2 is 1.64 bits per heavy atom. The van der Waals surface area contributed by atoms with Gasteiger partial charge in [0.25, 0.3) is 5.91 Å². The van der Waals surface area contributed by atoms with E-state index in [1.807, 2.05) is 20.8 Å². The number of aromatic nitrogens is 2. The van der Waals surface area contributed by atoms with Gasteiger partial charge in [0.1, 0.15) is 11.6 Å². The van der Waals surface area contributed by atoms with Gasteiger partial charge in [0.15, 0.2) is 11.5 Å². The Balaban J connectivity index is 2.03. The van der Waals surface area contributed by atoms with E-state index < -0.39 is 29.1 Å². The van der Waals surface area contributed by atoms with Gasteiger partial charge in [0.05, 0.1) is 12.2 Å². The third-order valence-corrected chi connectivity index (χ3v) is 5.76. The van der Waals surface area contributed by atoms with E-state index in [2.05, 4.69) is 15.6 Å². The molecular weight excluding hydrogens is 462 g/mol. The topological polar surface area (TPSA) is 123 Å². The number of nitrogens with zero attached hydrogens (tertiary/aromatic N) is 3. The van der Waals surface area contributed by atoms with Crippen LogP contribution in [0.25, 0.3) is 0 Å². The number of carbonyl (C=O) groups is 4. The number of ketones is 1. The van der Waals surface area contributed by atoms with Gasteiger partial charge in [-0.2, -0.15) is 0 Å². The van der Waals surface area contributed by atoms with E-state index in [4.69, 9.17) is 4.74 Å². The molecule has 0 saturated carbocycles. The number of hydrogen-bond donors (Lipinski definition) is 2. The summed E-state index contributed by atoms with van der Waals surface area (Å²) in [6.07, 6.45) is -0.518. The molecule has 2 N–H and O–H groups in total. The lowest BCUT2D eigenvalue weighted by molar-refractivity contribution is -0.124. The summed E-state index contributed by atoms with van der Waals surface area (Å²) in [5.41, 5.74) is -0.420. The molecule has 3 amide bonds. The SMILES string of the molecule is CNC(=O)[C@@H](NC(=O)c1nc(C(=O)c2ccccc2)n2c1CN(C(=O)OC(C)(C)C)CC2)C(C)(C)C. The normalized spacial score (nSPS) is 14.5. The van der Waals surface area contributed by atoms with Gasteiger partial charge >= 0.3 is 6.09 Å². The number of likely N-dealkylation sites (N-methyl/N-ethyl adjacent to an activating group) is 1. The van der Waals surface area contributed by atoms with Gasteiger partial charge in [0, 0.05) is 25.7 Å². The first-order valence-corrected chi connectivity index (χ1v) is 11.9. The minimum absolute atomic E-state index is 0.000642. The third kappa shape index (κ3) is 5.92. The first kappa shape index (κ1) is 26.9. The van der Waals surface area contributed by atoms with Crippen molar-refractivity contribution in [2.75, 3.05) is 13.6 Å². The van der Waals surface area contributed by atoms with Crippen molar-refractivity contribution in [3.8, 4) is 0 Å². The van der Waals surface area contributed by atoms with E-state index >= 15 is 0 Å². The monoisotopic (exact) mass is 497 g/mol. The highest BCUT2D eigenvalue weighted by Crippen LogP contribution is 2.25. The molecule has 1 aromatic carbocycles. The molecule has 0 bridgehead atoms. The number of carbonyl (C=O) groups excluding carboxylic acids is 4. The highest BCUT2D eigenvalue weighted by Gasteiger charge is 2.37. The largest absolute Gasteiger partial charge is 0.444 e. The van der Waals surface area contributed by atoms with Gasteiger partial charge in [-0.1, -0.05) is 51.1 Å². The minimum Gasteiger partial charge on any atom is -0.444 e. The second-order valence-electron chi connectivity index (χ2n) is 10.9. The summed E-state index contributed by atoms with van der Waals surface area (Å²) >= 11 is 0. The van der Waals surface area contributed by atoms with Gasteiger partial charge in [-0.3, -0.25) is 14.4 Å². The van der Waals surface area contributed by atoms with E-state index in [1.165, 1.54) is 11.9 Å². The van der Waals surface area contributed by atoms with Crippen molar-refractivity contribution in [2.45, 2.75) is 66.3 Å². The molecule has 1 atom stereocenters. The molecule has 0 spiro atoms. The number of imidazole rings is 1. The molecule has 0 aliphatic carbocycles. The van der Waals surface area contributed by atoms with Crippen LogP contribution in [-0.4, -0.2) is 63.4 Å². The Hall–Kier alpha value is -3.69. The highest BCUT2D eigenvalue weighted by atomic mass is 16.6. The molecule has 36 heavy (non-hydrogen) atoms. The fourth-order valence-corrected chi connectivity index (χ4v) is 3.94. The summed E-state index contributed by atoms with van der Waals surface area (Å²) in [4.78, 5) is 58.0. The molecule has 2 heterocycles. The second kappa shape index (κ2) is 10.1. The molecule has 10 nitrogen and oxygen atoms in total. The summed E-state index contributed by atoms with van der Waals surface area (Å²) in [6, 6.07) is 7.83. The molecule has 0 fully saturated rings. The molecule has 0 saturated heterocycles. The maximum atomic E-state index is 13.5. The number of rotatable bonds is 5. The van der Waals surface area contributed by atoms with Crippen molar-refractivity contribution < 1.29 is 23.9 Å². The average molecular weight is 498 g/mol. The molecule has 0 radical (unpaired) electrons. The van der Waals surface area contributed by atoms with Gasteiger partial charge < -0.3 is 24.8 Å². The molecule has 10 heteroatoms. The molecule has 1 aromatic heterocycles. The van der Waals surface area contributed by atoms with Crippen LogP contribution in [0, 0.1) is 5.41 Å². The van der Waals surface area contributed by atoms with E-state index in [0.29, 0.717) is 11.3 Å². The van der Waals surface area contributed by atoms with Crippen molar-refractivity contribution in [3.05, 3.63) is 53.1 Å². The molecule has 0 unspecified atom stereocenters. The van der Waals surface area contributed by atoms with Crippen LogP contribution in [0.15, 0.2) is 30.3 Å². The molecule has 3 rings (SSSR count). The van der Waals surface area contributed by atoms with Crippen LogP contribution in [-0.2, 0) is 22.6 Å². The molecular formula is C26H35N5O5. The number of amides is 3. The molecule has 2 aromatic rings. The smallest absolute Gasteiger partial charge is 0.410 e. The predicted octanol–water partition coefficient (Wildman–Crippen LogP) is 2.76. The second-order valence-corrected chi connectivity index (χ2v) is 10.9. The molecule has 1 aliphatic heterocycles. The number of ether oxygens (including phenoxy) is 1. The van der Waals surface area contributed by atoms with E-state index in [9.17, 15) is 19.2 Å². The minimum atomic E-state index is -0.842. The van der Waals surface area contributed by atoms with Crippen LogP contribution < -0.4 is 10.6 Å². The zero-order chi connectivity index (χ0) is 26.8. The summed E-state index contributed by atoms with van der Waals surface area (Å²) in [5, 5.41) is 5.35. The molecule has 194 valence electrons. The zero-order valence-corrected chi connectivity index (χ0v) is 22.0. The summed E-state index contributed by atoms with van der Waals surface area (Å²) in [7, 11) is 1.50. The maximum absolute atomic E-state index is 13.5. The van der Waals surface area contributed by atoms with E-state index in [1.54, 1.807) is 55.7 Å². The van der Waals surface area contributed by atoms with E-state index in [0.717, 1.165) is 0 Å². The lowest BCUT2D eigenvalue weighted by Gasteiger charge is -2.32. The number of hydrogen-bond acceptors (Lipinski definition) is 6. The summed E-state index contributed by atoms with van der Waals surface area (Å²) in [6.45, 7) is 11.4. The van der Waals surface area contributed by atoms with Crippen molar-refractivity contribution in [2.24, 2.45) is 5.41 Å². The number of fused-ring (bicyclic) bond motifs is 1. The van der Waals surface area contributed by atoms with Gasteiger partial charge in [-0.15, -0.1) is 0 Å². The summed E-state index contributed by atoms with van der Waals surface area (Å²) < 4.78 is 7.19. The first-order valence-electron chi connectivity index (χ1n) is 11.9. The van der Waals surface area contributed by atoms with Gasteiger partial charge in [-0.05, 0) is 26.2 Å². The third-order valence-electron chi connectivity index (χ3n) is 5.76. The quantitative estimate of drug-likeness (QED) is 0.613. The Labute approximate surface area is 211 Å². The van der Waals surface area contributed by atoms with Crippen molar-refractivity contribution >= 4 is 23.7 Å². The van der Waals surface area contributed by atoms with Crippen molar-refractivity contribution in [1.82, 2.24) is 25.1 Å². The van der Waals surface area contributed by atoms with Crippen LogP contribution in [0.3, 0.4) is 0 Å². The van der Waals surface area contributed by atoms with E-state index in [-0.39, 0.29) is 42.8 Å². The van der Waals surface area contributed by atoms with Crippen molar-refractivity contribution in [3.63, 3.8) is 0 Å². The van der Waals surface area contributed by atoms with Gasteiger partial charge in [-0.25, -0.2) is 9.78 Å².